The number of ether oxygens (including phenoxy) is 2. The molecule has 8 atom stereocenters. The molecule has 2 N–H and O–H groups in total. The number of carbonyl (C=O) groups excluding carboxylic acids is 7. The lowest BCUT2D eigenvalue weighted by molar-refractivity contribution is -0.169. The van der Waals surface area contributed by atoms with Crippen molar-refractivity contribution < 1.29 is 43.0 Å². The molecule has 0 aromatic heterocycles. The van der Waals surface area contributed by atoms with E-state index in [1.165, 1.54) is 35.7 Å². The van der Waals surface area contributed by atoms with Crippen molar-refractivity contribution in [1.29, 1.82) is 0 Å². The molecule has 3 rings (SSSR count). The largest absolute Gasteiger partial charge is 0.460 e. The van der Waals surface area contributed by atoms with E-state index in [0.717, 1.165) is 0 Å². The molecule has 59 heavy (non-hydrogen) atoms. The third-order valence-corrected chi connectivity index (χ3v) is 12.0. The zero-order chi connectivity index (χ0) is 44.4. The average molecular weight is 822 g/mol. The fourth-order valence-corrected chi connectivity index (χ4v) is 7.63. The van der Waals surface area contributed by atoms with Gasteiger partial charge in [-0.2, -0.15) is 0 Å². The molecule has 0 aliphatic carbocycles. The van der Waals surface area contributed by atoms with Gasteiger partial charge in [-0.05, 0) is 69.8 Å². The van der Waals surface area contributed by atoms with Gasteiger partial charge in [0.25, 0.3) is 5.91 Å². The van der Waals surface area contributed by atoms with E-state index in [2.05, 4.69) is 16.6 Å². The number of amides is 5. The van der Waals surface area contributed by atoms with Crippen molar-refractivity contribution in [3.63, 3.8) is 0 Å². The molecule has 2 aliphatic heterocycles. The molecule has 0 spiro atoms. The number of nitrogens with zero attached hydrogens (tertiary/aromatic N) is 3. The maximum Gasteiger partial charge on any atom is 0.329 e. The second-order valence-electron chi connectivity index (χ2n) is 17.4. The lowest BCUT2D eigenvalue weighted by atomic mass is 9.81. The molecule has 1 aromatic rings. The standard InChI is InChI=1S/C45H67N5O9/c1-13-15-17-24-34-45(9,10)44(57)47-35(27(3)4)41(54)49(12)37(28(5)6)43(56)58-33(26-31-21-18-16-19-22-31)40(53)50-25-20-23-32(50)39(52)48(11)30(8)38(51)46-36(29(7)14-2)42(55)59-34/h1,16,18-19,21-22,27-30,32-37H,14-15,17,20,23-26H2,2-12H3,(H,46,51)(H,47,57)/t29-,30-,32-,33-,34-,35-,36-,37-/m0/s1. The van der Waals surface area contributed by atoms with Crippen LogP contribution in [0.3, 0.4) is 0 Å². The second-order valence-corrected chi connectivity index (χ2v) is 17.4. The van der Waals surface area contributed by atoms with Gasteiger partial charge < -0.3 is 34.8 Å². The molecule has 14 heteroatoms. The van der Waals surface area contributed by atoms with Crippen LogP contribution in [0.25, 0.3) is 0 Å². The molecule has 0 radical (unpaired) electrons. The Morgan fingerprint density at radius 3 is 2.07 bits per heavy atom. The van der Waals surface area contributed by atoms with Gasteiger partial charge in [-0.25, -0.2) is 9.59 Å². The summed E-state index contributed by atoms with van der Waals surface area (Å²) in [7, 11) is 2.94. The van der Waals surface area contributed by atoms with Crippen molar-refractivity contribution in [2.45, 2.75) is 150 Å². The van der Waals surface area contributed by atoms with Gasteiger partial charge in [0.1, 0.15) is 36.3 Å². The van der Waals surface area contributed by atoms with Crippen LogP contribution in [0.5, 0.6) is 0 Å². The Bertz CT molecular complexity index is 1710. The van der Waals surface area contributed by atoms with E-state index in [9.17, 15) is 33.6 Å². The lowest BCUT2D eigenvalue weighted by Crippen LogP contribution is -2.60. The van der Waals surface area contributed by atoms with Crippen LogP contribution in [0.15, 0.2) is 30.3 Å². The summed E-state index contributed by atoms with van der Waals surface area (Å²) < 4.78 is 12.2. The minimum Gasteiger partial charge on any atom is -0.460 e. The third-order valence-electron chi connectivity index (χ3n) is 12.0. The highest BCUT2D eigenvalue weighted by molar-refractivity contribution is 5.96. The Hall–Kier alpha value is -4.93. The Labute approximate surface area is 350 Å². The monoisotopic (exact) mass is 821 g/mol. The van der Waals surface area contributed by atoms with E-state index >= 15 is 0 Å². The number of esters is 2. The first-order valence-electron chi connectivity index (χ1n) is 21.0. The maximum atomic E-state index is 14.5. The van der Waals surface area contributed by atoms with Crippen LogP contribution < -0.4 is 10.6 Å². The summed E-state index contributed by atoms with van der Waals surface area (Å²) in [6.07, 6.45) is 5.51. The summed E-state index contributed by atoms with van der Waals surface area (Å²) in [5.41, 5.74) is -0.682. The molecular formula is C45H67N5O9. The molecule has 2 saturated heterocycles. The van der Waals surface area contributed by atoms with E-state index in [1.54, 1.807) is 72.7 Å². The summed E-state index contributed by atoms with van der Waals surface area (Å²) in [6.45, 7) is 15.7. The molecule has 0 bridgehead atoms. The summed E-state index contributed by atoms with van der Waals surface area (Å²) in [5.74, 6) is -3.12. The number of hydrogen-bond acceptors (Lipinski definition) is 9. The van der Waals surface area contributed by atoms with Gasteiger partial charge >= 0.3 is 11.9 Å². The SMILES string of the molecule is C#CCCC[C@@H]1OC(=O)[C@H]([C@@H](C)CC)NC(=O)[C@H](C)N(C)C(=O)[C@@H]2CCCN2C(=O)[C@H](Cc2ccccc2)OC(=O)[C@H](C(C)C)N(C)C(=O)[C@H](C(C)C)NC(=O)C1(C)C. The van der Waals surface area contributed by atoms with E-state index in [4.69, 9.17) is 15.9 Å². The number of rotatable bonds is 9. The van der Waals surface area contributed by atoms with Gasteiger partial charge in [0, 0.05) is 33.5 Å². The van der Waals surface area contributed by atoms with Gasteiger partial charge in [-0.3, -0.25) is 24.0 Å². The molecule has 2 heterocycles. The smallest absolute Gasteiger partial charge is 0.329 e. The minimum absolute atomic E-state index is 0.00924. The zero-order valence-electron chi connectivity index (χ0n) is 36.9. The van der Waals surface area contributed by atoms with Crippen molar-refractivity contribution >= 4 is 41.5 Å². The molecule has 326 valence electrons. The quantitative estimate of drug-likeness (QED) is 0.213. The predicted molar refractivity (Wildman–Crippen MR) is 223 cm³/mol. The molecule has 1 aromatic carbocycles. The fraction of sp³-hybridized carbons (Fsp3) is 0.667. The van der Waals surface area contributed by atoms with Crippen molar-refractivity contribution in [3.8, 4) is 12.3 Å². The van der Waals surface area contributed by atoms with Crippen molar-refractivity contribution in [3.05, 3.63) is 35.9 Å². The Balaban J connectivity index is 2.19. The van der Waals surface area contributed by atoms with Gasteiger partial charge in [0.15, 0.2) is 6.10 Å². The third kappa shape index (κ3) is 11.9. The van der Waals surface area contributed by atoms with Gasteiger partial charge in [0.05, 0.1) is 5.41 Å². The van der Waals surface area contributed by atoms with Crippen molar-refractivity contribution in [2.75, 3.05) is 20.6 Å². The Kier molecular flexibility index (Phi) is 17.5. The van der Waals surface area contributed by atoms with E-state index in [1.807, 2.05) is 13.0 Å². The summed E-state index contributed by atoms with van der Waals surface area (Å²) in [6, 6.07) is 3.64. The second kappa shape index (κ2) is 21.4. The average Bonchev–Trinajstić information content (AvgIpc) is 3.69. The van der Waals surface area contributed by atoms with Crippen molar-refractivity contribution in [2.24, 2.45) is 23.2 Å². The van der Waals surface area contributed by atoms with Crippen LogP contribution in [0.2, 0.25) is 0 Å². The number of cyclic esters (lactones) is 2. The number of fused-ring (bicyclic) bond motifs is 1. The van der Waals surface area contributed by atoms with Gasteiger partial charge in [-0.15, -0.1) is 12.3 Å². The van der Waals surface area contributed by atoms with Crippen LogP contribution in [-0.4, -0.2) is 119 Å². The molecule has 2 fully saturated rings. The normalized spacial score (nSPS) is 27.6. The van der Waals surface area contributed by atoms with Gasteiger partial charge in [0.2, 0.25) is 23.6 Å². The highest BCUT2D eigenvalue weighted by atomic mass is 16.6. The highest BCUT2D eigenvalue weighted by Gasteiger charge is 2.46. The summed E-state index contributed by atoms with van der Waals surface area (Å²) in [4.78, 5) is 104. The Morgan fingerprint density at radius 1 is 0.847 bits per heavy atom. The first-order chi connectivity index (χ1) is 27.7. The Morgan fingerprint density at radius 2 is 1.49 bits per heavy atom. The van der Waals surface area contributed by atoms with E-state index in [-0.39, 0.29) is 19.4 Å². The first-order valence-corrected chi connectivity index (χ1v) is 21.0. The highest BCUT2D eigenvalue weighted by Crippen LogP contribution is 2.31. The van der Waals surface area contributed by atoms with E-state index in [0.29, 0.717) is 37.7 Å². The molecule has 0 unspecified atom stereocenters. The summed E-state index contributed by atoms with van der Waals surface area (Å²) in [5, 5.41) is 5.70. The predicted octanol–water partition coefficient (Wildman–Crippen LogP) is 3.89. The first kappa shape index (κ1) is 48.4. The fourth-order valence-electron chi connectivity index (χ4n) is 7.63. The van der Waals surface area contributed by atoms with Crippen LogP contribution in [-0.2, 0) is 49.5 Å². The lowest BCUT2D eigenvalue weighted by Gasteiger charge is -2.38. The number of hydrogen-bond donors (Lipinski definition) is 2. The van der Waals surface area contributed by atoms with Crippen LogP contribution >= 0.6 is 0 Å². The van der Waals surface area contributed by atoms with Crippen LogP contribution in [0.4, 0.5) is 0 Å². The molecule has 5 amide bonds. The number of carbonyl (C=O) groups is 7. The molecule has 2 aliphatic rings. The number of benzene rings is 1. The van der Waals surface area contributed by atoms with Crippen molar-refractivity contribution in [1.82, 2.24) is 25.3 Å². The van der Waals surface area contributed by atoms with Crippen LogP contribution in [0, 0.1) is 35.5 Å². The van der Waals surface area contributed by atoms with E-state index < -0.39 is 107 Å². The molecular weight excluding hydrogens is 755 g/mol. The molecule has 0 saturated carbocycles. The number of unbranched alkanes of at least 4 members (excludes halogenated alkanes) is 1. The topological polar surface area (TPSA) is 172 Å². The summed E-state index contributed by atoms with van der Waals surface area (Å²) >= 11 is 0. The van der Waals surface area contributed by atoms with Crippen LogP contribution in [0.1, 0.15) is 106 Å². The number of likely N-dealkylation sites (N-methyl/N-ethyl adjacent to an activating group) is 2. The number of terminal acetylenes is 1. The maximum absolute atomic E-state index is 14.5. The molecule has 14 nitrogen and oxygen atoms in total. The minimum atomic E-state index is -1.40. The zero-order valence-corrected chi connectivity index (χ0v) is 36.9. The van der Waals surface area contributed by atoms with Gasteiger partial charge in [-0.1, -0.05) is 78.3 Å². The number of nitrogens with one attached hydrogen (secondary N) is 2.